The molecule has 0 fully saturated rings. The number of carbonyl (C=O) groups is 1. The third-order valence-corrected chi connectivity index (χ3v) is 5.14. The average molecular weight is 336 g/mol. The van der Waals surface area contributed by atoms with Gasteiger partial charge in [0.2, 0.25) is 0 Å². The van der Waals surface area contributed by atoms with Gasteiger partial charge in [-0.05, 0) is 18.1 Å². The number of amides is 1. The molecule has 0 saturated heterocycles. The monoisotopic (exact) mass is 336 g/mol. The lowest BCUT2D eigenvalue weighted by Gasteiger charge is -2.27. The maximum atomic E-state index is 12.7. The molecule has 0 radical (unpaired) electrons. The predicted octanol–water partition coefficient (Wildman–Crippen LogP) is 4.28. The Kier molecular flexibility index (Phi) is 3.50. The van der Waals surface area contributed by atoms with Gasteiger partial charge in [-0.15, -0.1) is 11.3 Å². The van der Waals surface area contributed by atoms with Crippen molar-refractivity contribution in [3.63, 3.8) is 0 Å². The van der Waals surface area contributed by atoms with Crippen molar-refractivity contribution in [3.8, 4) is 16.9 Å². The van der Waals surface area contributed by atoms with Gasteiger partial charge in [0, 0.05) is 16.5 Å². The fraction of sp³-hybridized carbons (Fsp3) is 0.105. The van der Waals surface area contributed by atoms with Crippen LogP contribution in [0.15, 0.2) is 53.9 Å². The number of phenols is 1. The van der Waals surface area contributed by atoms with Crippen molar-refractivity contribution in [2.45, 2.75) is 13.1 Å². The lowest BCUT2D eigenvalue weighted by atomic mass is 10.0. The van der Waals surface area contributed by atoms with Crippen molar-refractivity contribution < 1.29 is 9.90 Å². The number of para-hydroxylation sites is 1. The zero-order valence-electron chi connectivity index (χ0n) is 13.0. The summed E-state index contributed by atoms with van der Waals surface area (Å²) < 4.78 is 0. The SMILES string of the molecule is Cc1cccc([C@H]2NC(=O)c3c(-c4ccccc4)csc3N2)c1O. The Morgan fingerprint density at radius 3 is 2.62 bits per heavy atom. The zero-order valence-corrected chi connectivity index (χ0v) is 13.9. The number of fused-ring (bicyclic) bond motifs is 1. The van der Waals surface area contributed by atoms with Crippen molar-refractivity contribution >= 4 is 22.2 Å². The Morgan fingerprint density at radius 1 is 1.04 bits per heavy atom. The van der Waals surface area contributed by atoms with Crippen molar-refractivity contribution in [2.24, 2.45) is 0 Å². The summed E-state index contributed by atoms with van der Waals surface area (Å²) in [6, 6.07) is 15.4. The quantitative estimate of drug-likeness (QED) is 0.654. The Balaban J connectivity index is 1.74. The highest BCUT2D eigenvalue weighted by Gasteiger charge is 2.30. The molecule has 0 unspecified atom stereocenters. The standard InChI is InChI=1S/C19H16N2O2S/c1-11-6-5-9-13(16(11)22)17-20-18(23)15-14(10-24-19(15)21-17)12-7-3-2-4-8-12/h2-10,17,21-22H,1H3,(H,20,23)/t17-/m0/s1. The molecule has 4 rings (SSSR count). The topological polar surface area (TPSA) is 61.4 Å². The van der Waals surface area contributed by atoms with E-state index in [1.807, 2.05) is 60.8 Å². The van der Waals surface area contributed by atoms with E-state index in [1.54, 1.807) is 0 Å². The van der Waals surface area contributed by atoms with E-state index in [1.165, 1.54) is 11.3 Å². The van der Waals surface area contributed by atoms with Gasteiger partial charge < -0.3 is 15.7 Å². The summed E-state index contributed by atoms with van der Waals surface area (Å²) in [5, 5.41) is 19.4. The highest BCUT2D eigenvalue weighted by atomic mass is 32.1. The van der Waals surface area contributed by atoms with Gasteiger partial charge >= 0.3 is 0 Å². The van der Waals surface area contributed by atoms with Crippen LogP contribution in [0.3, 0.4) is 0 Å². The third kappa shape index (κ3) is 2.34. The first-order valence-electron chi connectivity index (χ1n) is 7.68. The molecule has 1 amide bonds. The van der Waals surface area contributed by atoms with Crippen molar-refractivity contribution in [3.05, 3.63) is 70.6 Å². The molecule has 1 aromatic heterocycles. The number of hydrogen-bond acceptors (Lipinski definition) is 4. The molecule has 4 nitrogen and oxygen atoms in total. The predicted molar refractivity (Wildman–Crippen MR) is 96.4 cm³/mol. The molecule has 0 saturated carbocycles. The van der Waals surface area contributed by atoms with Crippen molar-refractivity contribution in [2.75, 3.05) is 5.32 Å². The first-order chi connectivity index (χ1) is 11.6. The Bertz CT molecular complexity index is 918. The molecule has 1 aliphatic rings. The number of nitrogens with one attached hydrogen (secondary N) is 2. The van der Waals surface area contributed by atoms with Crippen LogP contribution < -0.4 is 10.6 Å². The molecule has 3 N–H and O–H groups in total. The van der Waals surface area contributed by atoms with Crippen LogP contribution in [0.25, 0.3) is 11.1 Å². The van der Waals surface area contributed by atoms with Crippen LogP contribution in [0.2, 0.25) is 0 Å². The Morgan fingerprint density at radius 2 is 1.83 bits per heavy atom. The molecule has 0 spiro atoms. The second-order valence-corrected chi connectivity index (χ2v) is 6.66. The first-order valence-corrected chi connectivity index (χ1v) is 8.56. The average Bonchev–Trinajstić information content (AvgIpc) is 3.03. The third-order valence-electron chi connectivity index (χ3n) is 4.23. The van der Waals surface area contributed by atoms with E-state index < -0.39 is 6.17 Å². The number of benzene rings is 2. The summed E-state index contributed by atoms with van der Waals surface area (Å²) in [6.45, 7) is 1.84. The van der Waals surface area contributed by atoms with Gasteiger partial charge in [0.05, 0.1) is 5.56 Å². The molecular formula is C19H16N2O2S. The van der Waals surface area contributed by atoms with Gasteiger partial charge in [-0.1, -0.05) is 48.5 Å². The molecule has 2 heterocycles. The van der Waals surface area contributed by atoms with E-state index in [0.717, 1.165) is 21.7 Å². The number of anilines is 1. The van der Waals surface area contributed by atoms with Crippen LogP contribution in [-0.4, -0.2) is 11.0 Å². The molecule has 5 heteroatoms. The molecular weight excluding hydrogens is 320 g/mol. The molecule has 1 aliphatic heterocycles. The lowest BCUT2D eigenvalue weighted by molar-refractivity contribution is 0.0937. The number of hydrogen-bond donors (Lipinski definition) is 3. The lowest BCUT2D eigenvalue weighted by Crippen LogP contribution is -2.38. The molecule has 2 aromatic carbocycles. The maximum absolute atomic E-state index is 12.7. The molecule has 0 bridgehead atoms. The summed E-state index contributed by atoms with van der Waals surface area (Å²) in [7, 11) is 0. The Hall–Kier alpha value is -2.79. The van der Waals surface area contributed by atoms with Crippen LogP contribution >= 0.6 is 11.3 Å². The number of aryl methyl sites for hydroxylation is 1. The highest BCUT2D eigenvalue weighted by Crippen LogP contribution is 2.40. The number of thiophene rings is 1. The van der Waals surface area contributed by atoms with Crippen LogP contribution in [0, 0.1) is 6.92 Å². The summed E-state index contributed by atoms with van der Waals surface area (Å²) >= 11 is 1.51. The van der Waals surface area contributed by atoms with Crippen molar-refractivity contribution in [1.82, 2.24) is 5.32 Å². The van der Waals surface area contributed by atoms with Crippen LogP contribution in [0.1, 0.15) is 27.7 Å². The van der Waals surface area contributed by atoms with E-state index in [0.29, 0.717) is 11.1 Å². The van der Waals surface area contributed by atoms with E-state index in [2.05, 4.69) is 10.6 Å². The maximum Gasteiger partial charge on any atom is 0.256 e. The summed E-state index contributed by atoms with van der Waals surface area (Å²) in [4.78, 5) is 12.7. The second-order valence-electron chi connectivity index (χ2n) is 5.78. The van der Waals surface area contributed by atoms with Gasteiger partial charge in [-0.2, -0.15) is 0 Å². The first kappa shape index (κ1) is 14.8. The summed E-state index contributed by atoms with van der Waals surface area (Å²) in [6.07, 6.45) is -0.438. The fourth-order valence-electron chi connectivity index (χ4n) is 2.96. The van der Waals surface area contributed by atoms with E-state index in [9.17, 15) is 9.90 Å². The van der Waals surface area contributed by atoms with Gasteiger partial charge in [0.15, 0.2) is 0 Å². The van der Waals surface area contributed by atoms with Gasteiger partial charge in [-0.3, -0.25) is 4.79 Å². The molecule has 24 heavy (non-hydrogen) atoms. The van der Waals surface area contributed by atoms with E-state index in [4.69, 9.17) is 0 Å². The number of phenolic OH excluding ortho intramolecular Hbond substituents is 1. The van der Waals surface area contributed by atoms with Crippen LogP contribution in [0.5, 0.6) is 5.75 Å². The van der Waals surface area contributed by atoms with Crippen LogP contribution in [0.4, 0.5) is 5.00 Å². The van der Waals surface area contributed by atoms with Gasteiger partial charge in [0.1, 0.15) is 16.9 Å². The zero-order chi connectivity index (χ0) is 16.7. The van der Waals surface area contributed by atoms with E-state index >= 15 is 0 Å². The van der Waals surface area contributed by atoms with Gasteiger partial charge in [0.25, 0.3) is 5.91 Å². The minimum Gasteiger partial charge on any atom is -0.507 e. The second kappa shape index (κ2) is 5.69. The summed E-state index contributed by atoms with van der Waals surface area (Å²) in [5.74, 6) is 0.0772. The number of carbonyl (C=O) groups excluding carboxylic acids is 1. The Labute approximate surface area is 143 Å². The highest BCUT2D eigenvalue weighted by molar-refractivity contribution is 7.15. The van der Waals surface area contributed by atoms with Crippen molar-refractivity contribution in [1.29, 1.82) is 0 Å². The van der Waals surface area contributed by atoms with Gasteiger partial charge in [-0.25, -0.2) is 0 Å². The minimum absolute atomic E-state index is 0.130. The molecule has 1 atom stereocenters. The van der Waals surface area contributed by atoms with E-state index in [-0.39, 0.29) is 11.7 Å². The smallest absolute Gasteiger partial charge is 0.256 e. The summed E-state index contributed by atoms with van der Waals surface area (Å²) in [5.41, 5.74) is 4.06. The largest absolute Gasteiger partial charge is 0.507 e. The fourth-order valence-corrected chi connectivity index (χ4v) is 3.96. The normalized spacial score (nSPS) is 16.2. The molecule has 120 valence electrons. The number of aromatic hydroxyl groups is 1. The molecule has 0 aliphatic carbocycles. The minimum atomic E-state index is -0.438. The number of rotatable bonds is 2. The van der Waals surface area contributed by atoms with Crippen LogP contribution in [-0.2, 0) is 0 Å². The molecule has 3 aromatic rings.